The maximum absolute atomic E-state index is 6.06. The minimum absolute atomic E-state index is 0.0116. The van der Waals surface area contributed by atoms with E-state index in [0.29, 0.717) is 5.25 Å². The van der Waals surface area contributed by atoms with Crippen molar-refractivity contribution >= 4 is 35.1 Å². The number of hydrogen-bond acceptors (Lipinski definition) is 4. The molecule has 2 atom stereocenters. The van der Waals surface area contributed by atoms with E-state index >= 15 is 0 Å². The highest BCUT2D eigenvalue weighted by atomic mass is 35.5. The van der Waals surface area contributed by atoms with Crippen molar-refractivity contribution in [1.29, 1.82) is 0 Å². The quantitative estimate of drug-likeness (QED) is 0.770. The number of alkyl halides is 1. The zero-order valence-electron chi connectivity index (χ0n) is 9.44. The Morgan fingerprint density at radius 3 is 2.88 bits per heavy atom. The summed E-state index contributed by atoms with van der Waals surface area (Å²) in [5.41, 5.74) is 2.06. The highest BCUT2D eigenvalue weighted by Gasteiger charge is 2.20. The maximum Gasteiger partial charge on any atom is 0.142 e. The van der Waals surface area contributed by atoms with Crippen molar-refractivity contribution in [1.82, 2.24) is 9.97 Å². The first-order valence-electron chi connectivity index (χ1n) is 5.35. The summed E-state index contributed by atoms with van der Waals surface area (Å²) in [7, 11) is 0. The molecule has 88 valence electrons. The summed E-state index contributed by atoms with van der Waals surface area (Å²) in [4.78, 5) is 9.04. The Morgan fingerprint density at radius 1 is 1.50 bits per heavy atom. The SMILES string of the molecule is Cc1nc(C2CSCCS2)ncc1C(C)Cl. The van der Waals surface area contributed by atoms with E-state index in [4.69, 9.17) is 11.6 Å². The van der Waals surface area contributed by atoms with Crippen molar-refractivity contribution in [3.8, 4) is 0 Å². The third-order valence-corrected chi connectivity index (χ3v) is 5.55. The summed E-state index contributed by atoms with van der Waals surface area (Å²) < 4.78 is 0. The minimum atomic E-state index is -0.0116. The van der Waals surface area contributed by atoms with Gasteiger partial charge in [0.2, 0.25) is 0 Å². The van der Waals surface area contributed by atoms with Gasteiger partial charge < -0.3 is 0 Å². The lowest BCUT2D eigenvalue weighted by atomic mass is 10.2. The van der Waals surface area contributed by atoms with Crippen LogP contribution in [0.3, 0.4) is 0 Å². The van der Waals surface area contributed by atoms with Gasteiger partial charge in [0.1, 0.15) is 5.82 Å². The minimum Gasteiger partial charge on any atom is -0.240 e. The smallest absolute Gasteiger partial charge is 0.142 e. The molecule has 1 aliphatic rings. The summed E-state index contributed by atoms with van der Waals surface area (Å²) in [6.07, 6.45) is 1.88. The van der Waals surface area contributed by atoms with E-state index in [0.717, 1.165) is 22.8 Å². The summed E-state index contributed by atoms with van der Waals surface area (Å²) in [6, 6.07) is 0. The highest BCUT2D eigenvalue weighted by Crippen LogP contribution is 2.35. The van der Waals surface area contributed by atoms with Gasteiger partial charge in [0, 0.05) is 34.7 Å². The Morgan fingerprint density at radius 2 is 2.31 bits per heavy atom. The number of aromatic nitrogens is 2. The molecule has 16 heavy (non-hydrogen) atoms. The zero-order chi connectivity index (χ0) is 11.5. The predicted octanol–water partition coefficient (Wildman–Crippen LogP) is 3.61. The molecule has 1 saturated heterocycles. The lowest BCUT2D eigenvalue weighted by Gasteiger charge is -2.20. The van der Waals surface area contributed by atoms with Crippen LogP contribution in [0.15, 0.2) is 6.20 Å². The zero-order valence-corrected chi connectivity index (χ0v) is 11.8. The fourth-order valence-electron chi connectivity index (χ4n) is 1.68. The summed E-state index contributed by atoms with van der Waals surface area (Å²) in [5.74, 6) is 4.54. The Kier molecular flexibility index (Phi) is 4.39. The summed E-state index contributed by atoms with van der Waals surface area (Å²) >= 11 is 10.0. The van der Waals surface area contributed by atoms with Crippen LogP contribution in [0, 0.1) is 6.92 Å². The molecule has 0 aliphatic carbocycles. The van der Waals surface area contributed by atoms with E-state index in [1.54, 1.807) is 0 Å². The third-order valence-electron chi connectivity index (χ3n) is 2.57. The third kappa shape index (κ3) is 2.84. The first-order chi connectivity index (χ1) is 7.68. The molecule has 2 unspecified atom stereocenters. The second-order valence-electron chi connectivity index (χ2n) is 3.82. The Bertz CT molecular complexity index is 365. The molecular weight excluding hydrogens is 260 g/mol. The van der Waals surface area contributed by atoms with Crippen LogP contribution in [0.4, 0.5) is 0 Å². The predicted molar refractivity (Wildman–Crippen MR) is 73.6 cm³/mol. The molecule has 1 aliphatic heterocycles. The first kappa shape index (κ1) is 12.5. The van der Waals surface area contributed by atoms with Gasteiger partial charge in [-0.15, -0.1) is 23.4 Å². The van der Waals surface area contributed by atoms with E-state index in [2.05, 4.69) is 9.97 Å². The summed E-state index contributed by atoms with van der Waals surface area (Å²) in [5, 5.41) is 0.444. The molecule has 2 rings (SSSR count). The molecular formula is C11H15ClN2S2. The number of halogens is 1. The molecule has 0 radical (unpaired) electrons. The topological polar surface area (TPSA) is 25.8 Å². The lowest BCUT2D eigenvalue weighted by Crippen LogP contribution is -2.11. The summed E-state index contributed by atoms with van der Waals surface area (Å²) in [6.45, 7) is 3.97. The van der Waals surface area contributed by atoms with Crippen LogP contribution >= 0.6 is 35.1 Å². The lowest BCUT2D eigenvalue weighted by molar-refractivity contribution is 0.869. The molecule has 1 aromatic heterocycles. The van der Waals surface area contributed by atoms with E-state index < -0.39 is 0 Å². The molecule has 1 fully saturated rings. The second kappa shape index (κ2) is 5.61. The highest BCUT2D eigenvalue weighted by molar-refractivity contribution is 8.06. The van der Waals surface area contributed by atoms with Gasteiger partial charge in [0.25, 0.3) is 0 Å². The normalized spacial score (nSPS) is 23.1. The first-order valence-corrected chi connectivity index (χ1v) is 7.99. The molecule has 2 heterocycles. The number of nitrogens with zero attached hydrogens (tertiary/aromatic N) is 2. The van der Waals surface area contributed by atoms with Gasteiger partial charge in [-0.05, 0) is 13.8 Å². The van der Waals surface area contributed by atoms with Crippen LogP contribution in [0.2, 0.25) is 0 Å². The molecule has 0 amide bonds. The van der Waals surface area contributed by atoms with Crippen LogP contribution in [-0.2, 0) is 0 Å². The largest absolute Gasteiger partial charge is 0.240 e. The molecule has 1 aromatic rings. The van der Waals surface area contributed by atoms with Gasteiger partial charge in [-0.3, -0.25) is 0 Å². The van der Waals surface area contributed by atoms with Crippen molar-refractivity contribution in [3.05, 3.63) is 23.3 Å². The van der Waals surface area contributed by atoms with Crippen molar-refractivity contribution in [2.24, 2.45) is 0 Å². The maximum atomic E-state index is 6.06. The van der Waals surface area contributed by atoms with E-state index in [1.165, 1.54) is 11.5 Å². The van der Waals surface area contributed by atoms with Crippen LogP contribution in [0.25, 0.3) is 0 Å². The van der Waals surface area contributed by atoms with Gasteiger partial charge >= 0.3 is 0 Å². The Labute approximate surface area is 110 Å². The van der Waals surface area contributed by atoms with E-state index in [-0.39, 0.29) is 5.38 Å². The van der Waals surface area contributed by atoms with Crippen LogP contribution in [0.5, 0.6) is 0 Å². The van der Waals surface area contributed by atoms with E-state index in [9.17, 15) is 0 Å². The molecule has 0 saturated carbocycles. The van der Waals surface area contributed by atoms with Gasteiger partial charge in [-0.2, -0.15) is 11.8 Å². The monoisotopic (exact) mass is 274 g/mol. The molecule has 0 bridgehead atoms. The van der Waals surface area contributed by atoms with Gasteiger partial charge in [0.15, 0.2) is 0 Å². The van der Waals surface area contributed by atoms with Crippen LogP contribution in [-0.4, -0.2) is 27.2 Å². The molecule has 0 spiro atoms. The molecule has 0 aromatic carbocycles. The fourth-order valence-corrected chi connectivity index (χ4v) is 4.50. The van der Waals surface area contributed by atoms with Gasteiger partial charge in [0.05, 0.1) is 10.6 Å². The number of thioether (sulfide) groups is 2. The van der Waals surface area contributed by atoms with Crippen LogP contribution < -0.4 is 0 Å². The van der Waals surface area contributed by atoms with Crippen molar-refractivity contribution in [2.75, 3.05) is 17.3 Å². The molecule has 0 N–H and O–H groups in total. The number of aryl methyl sites for hydroxylation is 1. The van der Waals surface area contributed by atoms with E-state index in [1.807, 2.05) is 43.6 Å². The van der Waals surface area contributed by atoms with Gasteiger partial charge in [-0.25, -0.2) is 9.97 Å². The van der Waals surface area contributed by atoms with Crippen molar-refractivity contribution in [2.45, 2.75) is 24.5 Å². The number of rotatable bonds is 2. The van der Waals surface area contributed by atoms with Gasteiger partial charge in [-0.1, -0.05) is 0 Å². The fraction of sp³-hybridized carbons (Fsp3) is 0.636. The molecule has 5 heteroatoms. The Balaban J connectivity index is 2.19. The van der Waals surface area contributed by atoms with Crippen molar-refractivity contribution < 1.29 is 0 Å². The second-order valence-corrected chi connectivity index (χ2v) is 6.93. The Hall–Kier alpha value is 0.0700. The molecule has 2 nitrogen and oxygen atoms in total. The average molecular weight is 275 g/mol. The standard InChI is InChI=1S/C11H15ClN2S2/c1-7(12)9-5-13-11(14-8(9)2)10-6-15-3-4-16-10/h5,7,10H,3-4,6H2,1-2H3. The number of hydrogen-bond donors (Lipinski definition) is 0. The average Bonchev–Trinajstić information content (AvgIpc) is 2.29. The van der Waals surface area contributed by atoms with Crippen molar-refractivity contribution in [3.63, 3.8) is 0 Å². The van der Waals surface area contributed by atoms with Crippen LogP contribution in [0.1, 0.15) is 34.6 Å².